The van der Waals surface area contributed by atoms with Crippen LogP contribution in [0.3, 0.4) is 0 Å². The van der Waals surface area contributed by atoms with Crippen LogP contribution < -0.4 is 11.1 Å². The Balaban J connectivity index is 2.11. The molecule has 1 heterocycles. The summed E-state index contributed by atoms with van der Waals surface area (Å²) >= 11 is 0. The normalized spacial score (nSPS) is 17.4. The third-order valence-electron chi connectivity index (χ3n) is 3.25. The molecule has 0 atom stereocenters. The predicted octanol–water partition coefficient (Wildman–Crippen LogP) is 2.48. The molecule has 3 heteroatoms. The minimum atomic E-state index is 0.498. The topological polar surface area (TPSA) is 47.3 Å². The molecule has 88 valence electrons. The molecule has 1 saturated heterocycles. The smallest absolute Gasteiger partial charge is 0.0578 e. The van der Waals surface area contributed by atoms with Gasteiger partial charge in [-0.1, -0.05) is 0 Å². The number of benzene rings is 1. The molecule has 0 aromatic heterocycles. The van der Waals surface area contributed by atoms with Crippen molar-refractivity contribution >= 4 is 11.4 Å². The molecule has 3 nitrogen and oxygen atoms in total. The number of nitrogens with one attached hydrogen (secondary N) is 1. The van der Waals surface area contributed by atoms with Gasteiger partial charge in [-0.3, -0.25) is 0 Å². The minimum Gasteiger partial charge on any atom is -0.397 e. The SMILES string of the molecule is Cc1cc(N)c(NC2CCOCC2)cc1C. The van der Waals surface area contributed by atoms with Crippen molar-refractivity contribution in [2.75, 3.05) is 24.3 Å². The van der Waals surface area contributed by atoms with Crippen LogP contribution in [0, 0.1) is 13.8 Å². The van der Waals surface area contributed by atoms with Gasteiger partial charge in [-0.05, 0) is 49.9 Å². The highest BCUT2D eigenvalue weighted by Crippen LogP contribution is 2.25. The Morgan fingerprint density at radius 3 is 2.50 bits per heavy atom. The molecular formula is C13H20N2O. The molecule has 0 aliphatic carbocycles. The van der Waals surface area contributed by atoms with Gasteiger partial charge in [0.1, 0.15) is 0 Å². The molecule has 0 amide bonds. The van der Waals surface area contributed by atoms with Gasteiger partial charge in [0, 0.05) is 19.3 Å². The van der Waals surface area contributed by atoms with E-state index in [4.69, 9.17) is 10.5 Å². The molecule has 1 aromatic carbocycles. The standard InChI is InChI=1S/C13H20N2O/c1-9-7-12(14)13(8-10(9)2)15-11-3-5-16-6-4-11/h7-8,11,15H,3-6,14H2,1-2H3. The summed E-state index contributed by atoms with van der Waals surface area (Å²) in [7, 11) is 0. The molecule has 0 radical (unpaired) electrons. The van der Waals surface area contributed by atoms with E-state index in [-0.39, 0.29) is 0 Å². The van der Waals surface area contributed by atoms with Gasteiger partial charge in [0.15, 0.2) is 0 Å². The fourth-order valence-corrected chi connectivity index (χ4v) is 2.03. The summed E-state index contributed by atoms with van der Waals surface area (Å²) in [5.74, 6) is 0. The van der Waals surface area contributed by atoms with E-state index in [2.05, 4.69) is 25.2 Å². The van der Waals surface area contributed by atoms with Crippen LogP contribution in [0.4, 0.5) is 11.4 Å². The number of nitrogens with two attached hydrogens (primary N) is 1. The Hall–Kier alpha value is -1.22. The fraction of sp³-hybridized carbons (Fsp3) is 0.538. The predicted molar refractivity (Wildman–Crippen MR) is 67.8 cm³/mol. The lowest BCUT2D eigenvalue weighted by Crippen LogP contribution is -2.28. The molecule has 0 bridgehead atoms. The quantitative estimate of drug-likeness (QED) is 0.753. The Kier molecular flexibility index (Phi) is 3.34. The van der Waals surface area contributed by atoms with Gasteiger partial charge in [0.2, 0.25) is 0 Å². The van der Waals surface area contributed by atoms with Crippen molar-refractivity contribution in [2.45, 2.75) is 32.7 Å². The average molecular weight is 220 g/mol. The molecular weight excluding hydrogens is 200 g/mol. The lowest BCUT2D eigenvalue weighted by Gasteiger charge is -2.25. The molecule has 0 saturated carbocycles. The Morgan fingerprint density at radius 2 is 1.81 bits per heavy atom. The van der Waals surface area contributed by atoms with Gasteiger partial charge in [-0.2, -0.15) is 0 Å². The summed E-state index contributed by atoms with van der Waals surface area (Å²) < 4.78 is 5.34. The van der Waals surface area contributed by atoms with E-state index in [1.165, 1.54) is 11.1 Å². The monoisotopic (exact) mass is 220 g/mol. The van der Waals surface area contributed by atoms with Gasteiger partial charge < -0.3 is 15.8 Å². The molecule has 2 rings (SSSR count). The average Bonchev–Trinajstić information content (AvgIpc) is 2.27. The van der Waals surface area contributed by atoms with Gasteiger partial charge in [0.05, 0.1) is 11.4 Å². The van der Waals surface area contributed by atoms with Crippen molar-refractivity contribution in [3.63, 3.8) is 0 Å². The highest BCUT2D eigenvalue weighted by Gasteiger charge is 2.14. The highest BCUT2D eigenvalue weighted by atomic mass is 16.5. The molecule has 1 aliphatic rings. The zero-order chi connectivity index (χ0) is 11.5. The number of hydrogen-bond acceptors (Lipinski definition) is 3. The second-order valence-electron chi connectivity index (χ2n) is 4.55. The van der Waals surface area contributed by atoms with Gasteiger partial charge in [0.25, 0.3) is 0 Å². The molecule has 3 N–H and O–H groups in total. The highest BCUT2D eigenvalue weighted by molar-refractivity contribution is 5.68. The van der Waals surface area contributed by atoms with Crippen LogP contribution in [0.15, 0.2) is 12.1 Å². The van der Waals surface area contributed by atoms with Crippen LogP contribution >= 0.6 is 0 Å². The van der Waals surface area contributed by atoms with Crippen LogP contribution in [0.5, 0.6) is 0 Å². The number of hydrogen-bond donors (Lipinski definition) is 2. The summed E-state index contributed by atoms with van der Waals surface area (Å²) in [6, 6.07) is 4.68. The van der Waals surface area contributed by atoms with E-state index in [1.807, 2.05) is 6.07 Å². The third-order valence-corrected chi connectivity index (χ3v) is 3.25. The van der Waals surface area contributed by atoms with Crippen LogP contribution in [0.2, 0.25) is 0 Å². The number of nitrogen functional groups attached to an aromatic ring is 1. The maximum Gasteiger partial charge on any atom is 0.0578 e. The van der Waals surface area contributed by atoms with Gasteiger partial charge >= 0.3 is 0 Å². The van der Waals surface area contributed by atoms with Crippen molar-refractivity contribution in [1.29, 1.82) is 0 Å². The van der Waals surface area contributed by atoms with Gasteiger partial charge in [-0.25, -0.2) is 0 Å². The molecule has 1 aliphatic heterocycles. The third kappa shape index (κ3) is 2.47. The summed E-state index contributed by atoms with van der Waals surface area (Å²) in [5, 5.41) is 3.51. The molecule has 0 unspecified atom stereocenters. The van der Waals surface area contributed by atoms with E-state index in [1.54, 1.807) is 0 Å². The van der Waals surface area contributed by atoms with Crippen LogP contribution in [-0.4, -0.2) is 19.3 Å². The van der Waals surface area contributed by atoms with Crippen molar-refractivity contribution in [1.82, 2.24) is 0 Å². The summed E-state index contributed by atoms with van der Waals surface area (Å²) in [6.07, 6.45) is 2.12. The second-order valence-corrected chi connectivity index (χ2v) is 4.55. The molecule has 1 fully saturated rings. The summed E-state index contributed by atoms with van der Waals surface area (Å²) in [5.41, 5.74) is 10.4. The van der Waals surface area contributed by atoms with E-state index in [0.717, 1.165) is 37.4 Å². The van der Waals surface area contributed by atoms with Crippen LogP contribution in [0.25, 0.3) is 0 Å². The van der Waals surface area contributed by atoms with E-state index in [0.29, 0.717) is 6.04 Å². The largest absolute Gasteiger partial charge is 0.397 e. The first-order valence-electron chi connectivity index (χ1n) is 5.88. The Morgan fingerprint density at radius 1 is 1.19 bits per heavy atom. The first kappa shape index (κ1) is 11.3. The van der Waals surface area contributed by atoms with E-state index < -0.39 is 0 Å². The zero-order valence-corrected chi connectivity index (χ0v) is 10.0. The molecule has 16 heavy (non-hydrogen) atoms. The number of ether oxygens (including phenoxy) is 1. The Labute approximate surface area is 97.0 Å². The first-order valence-corrected chi connectivity index (χ1v) is 5.88. The van der Waals surface area contributed by atoms with Crippen molar-refractivity contribution in [3.05, 3.63) is 23.3 Å². The van der Waals surface area contributed by atoms with Crippen LogP contribution in [-0.2, 0) is 4.74 Å². The maximum atomic E-state index is 6.01. The first-order chi connectivity index (χ1) is 7.66. The number of rotatable bonds is 2. The number of aryl methyl sites for hydroxylation is 2. The van der Waals surface area contributed by atoms with Crippen molar-refractivity contribution < 1.29 is 4.74 Å². The summed E-state index contributed by atoms with van der Waals surface area (Å²) in [6.45, 7) is 5.90. The lowest BCUT2D eigenvalue weighted by molar-refractivity contribution is 0.0904. The van der Waals surface area contributed by atoms with Crippen molar-refractivity contribution in [3.8, 4) is 0 Å². The van der Waals surface area contributed by atoms with E-state index in [9.17, 15) is 0 Å². The summed E-state index contributed by atoms with van der Waals surface area (Å²) in [4.78, 5) is 0. The second kappa shape index (κ2) is 4.74. The zero-order valence-electron chi connectivity index (χ0n) is 10.0. The molecule has 1 aromatic rings. The minimum absolute atomic E-state index is 0.498. The lowest BCUT2D eigenvalue weighted by atomic mass is 10.1. The molecule has 0 spiro atoms. The number of anilines is 2. The van der Waals surface area contributed by atoms with Crippen LogP contribution in [0.1, 0.15) is 24.0 Å². The van der Waals surface area contributed by atoms with Crippen molar-refractivity contribution in [2.24, 2.45) is 0 Å². The Bertz CT molecular complexity index is 370. The fourth-order valence-electron chi connectivity index (χ4n) is 2.03. The maximum absolute atomic E-state index is 6.01. The van der Waals surface area contributed by atoms with Gasteiger partial charge in [-0.15, -0.1) is 0 Å². The van der Waals surface area contributed by atoms with E-state index >= 15 is 0 Å².